The number of allylic oxidation sites excluding steroid dienone is 5. The molecule has 0 aliphatic heterocycles. The molecule has 6 rings (SSSR count). The lowest BCUT2D eigenvalue weighted by Crippen LogP contribution is -2.23. The fraction of sp³-hybridized carbons (Fsp3) is 0.267. The fourth-order valence-corrected chi connectivity index (χ4v) is 6.16. The molecule has 0 saturated heterocycles. The van der Waals surface area contributed by atoms with Crippen LogP contribution in [0.5, 0.6) is 0 Å². The van der Waals surface area contributed by atoms with Gasteiger partial charge in [-0.2, -0.15) is 0 Å². The summed E-state index contributed by atoms with van der Waals surface area (Å²) >= 11 is 0. The van der Waals surface area contributed by atoms with Crippen LogP contribution in [-0.2, 0) is 6.42 Å². The van der Waals surface area contributed by atoms with Crippen molar-refractivity contribution in [1.82, 2.24) is 0 Å². The van der Waals surface area contributed by atoms with Gasteiger partial charge in [-0.05, 0) is 88.4 Å². The Hall–Kier alpha value is -2.86. The first-order valence-electron chi connectivity index (χ1n) is 11.5. The Bertz CT molecular complexity index is 1180. The first-order chi connectivity index (χ1) is 14.9. The van der Waals surface area contributed by atoms with Crippen molar-refractivity contribution in [2.75, 3.05) is 0 Å². The third kappa shape index (κ3) is 2.89. The van der Waals surface area contributed by atoms with Gasteiger partial charge in [0.15, 0.2) is 0 Å². The molecule has 3 unspecified atom stereocenters. The minimum Gasteiger partial charge on any atom is -0.0836 e. The van der Waals surface area contributed by atoms with E-state index in [9.17, 15) is 0 Å². The largest absolute Gasteiger partial charge is 0.0836 e. The molecule has 0 aromatic heterocycles. The molecule has 0 N–H and O–H groups in total. The monoisotopic (exact) mass is 388 g/mol. The molecule has 0 radical (unpaired) electrons. The maximum atomic E-state index is 2.46. The van der Waals surface area contributed by atoms with Crippen LogP contribution in [0.15, 0.2) is 85.0 Å². The molecule has 3 atom stereocenters. The van der Waals surface area contributed by atoms with E-state index in [-0.39, 0.29) is 0 Å². The van der Waals surface area contributed by atoms with Crippen molar-refractivity contribution in [1.29, 1.82) is 0 Å². The summed E-state index contributed by atoms with van der Waals surface area (Å²) in [6, 6.07) is 20.2. The van der Waals surface area contributed by atoms with E-state index in [1.165, 1.54) is 46.7 Å². The van der Waals surface area contributed by atoms with E-state index < -0.39 is 0 Å². The van der Waals surface area contributed by atoms with Crippen LogP contribution in [0, 0.1) is 11.8 Å². The van der Waals surface area contributed by atoms with Gasteiger partial charge in [0.05, 0.1) is 0 Å². The van der Waals surface area contributed by atoms with Crippen molar-refractivity contribution < 1.29 is 0 Å². The molecule has 0 spiro atoms. The SMILES string of the molecule is C1=CC2CCC(c3c4c(c(-c5ccccc5)c5ccccc35)CCC=C4)CC2C=C1. The quantitative estimate of drug-likeness (QED) is 0.416. The van der Waals surface area contributed by atoms with Crippen LogP contribution >= 0.6 is 0 Å². The topological polar surface area (TPSA) is 0 Å². The summed E-state index contributed by atoms with van der Waals surface area (Å²) in [6.07, 6.45) is 20.4. The lowest BCUT2D eigenvalue weighted by atomic mass is 9.68. The van der Waals surface area contributed by atoms with Crippen LogP contribution in [-0.4, -0.2) is 0 Å². The average molecular weight is 389 g/mol. The van der Waals surface area contributed by atoms with E-state index in [2.05, 4.69) is 91.1 Å². The molecule has 148 valence electrons. The van der Waals surface area contributed by atoms with Crippen molar-refractivity contribution in [2.24, 2.45) is 11.8 Å². The molecule has 3 aromatic rings. The Morgan fingerprint density at radius 2 is 1.50 bits per heavy atom. The number of hydrogen-bond acceptors (Lipinski definition) is 0. The van der Waals surface area contributed by atoms with Gasteiger partial charge >= 0.3 is 0 Å². The zero-order valence-corrected chi connectivity index (χ0v) is 17.4. The zero-order chi connectivity index (χ0) is 19.9. The molecular weight excluding hydrogens is 360 g/mol. The Labute approximate surface area is 179 Å². The van der Waals surface area contributed by atoms with E-state index in [0.29, 0.717) is 11.8 Å². The molecule has 0 amide bonds. The van der Waals surface area contributed by atoms with Crippen LogP contribution in [0.3, 0.4) is 0 Å². The lowest BCUT2D eigenvalue weighted by Gasteiger charge is -2.37. The number of hydrogen-bond donors (Lipinski definition) is 0. The molecule has 3 aromatic carbocycles. The molecule has 1 saturated carbocycles. The summed E-state index contributed by atoms with van der Waals surface area (Å²) in [6.45, 7) is 0. The van der Waals surface area contributed by atoms with Crippen LogP contribution in [0.2, 0.25) is 0 Å². The van der Waals surface area contributed by atoms with E-state index in [4.69, 9.17) is 0 Å². The van der Waals surface area contributed by atoms with E-state index >= 15 is 0 Å². The zero-order valence-electron chi connectivity index (χ0n) is 17.4. The van der Waals surface area contributed by atoms with Gasteiger partial charge in [0.25, 0.3) is 0 Å². The Morgan fingerprint density at radius 3 is 2.37 bits per heavy atom. The molecule has 30 heavy (non-hydrogen) atoms. The molecule has 3 aliphatic rings. The molecular formula is C30H28. The summed E-state index contributed by atoms with van der Waals surface area (Å²) in [5.74, 6) is 2.09. The van der Waals surface area contributed by atoms with Crippen molar-refractivity contribution in [3.8, 4) is 11.1 Å². The summed E-state index contributed by atoms with van der Waals surface area (Å²) in [5, 5.41) is 2.91. The second-order valence-corrected chi connectivity index (χ2v) is 9.14. The van der Waals surface area contributed by atoms with E-state index in [1.807, 2.05) is 0 Å². The van der Waals surface area contributed by atoms with Gasteiger partial charge in [-0.1, -0.05) is 91.1 Å². The summed E-state index contributed by atoms with van der Waals surface area (Å²) in [5.41, 5.74) is 7.54. The van der Waals surface area contributed by atoms with Gasteiger partial charge < -0.3 is 0 Å². The highest BCUT2D eigenvalue weighted by Gasteiger charge is 2.32. The first kappa shape index (κ1) is 18.0. The third-order valence-electron chi connectivity index (χ3n) is 7.50. The highest BCUT2D eigenvalue weighted by molar-refractivity contribution is 6.03. The maximum Gasteiger partial charge on any atom is -0.00670 e. The predicted molar refractivity (Wildman–Crippen MR) is 129 cm³/mol. The Morgan fingerprint density at radius 1 is 0.733 bits per heavy atom. The van der Waals surface area contributed by atoms with Gasteiger partial charge in [-0.15, -0.1) is 0 Å². The molecule has 0 nitrogen and oxygen atoms in total. The Kier molecular flexibility index (Phi) is 4.45. The fourth-order valence-electron chi connectivity index (χ4n) is 6.16. The Balaban J connectivity index is 1.58. The highest BCUT2D eigenvalue weighted by atomic mass is 14.4. The van der Waals surface area contributed by atoms with Crippen LogP contribution in [0.25, 0.3) is 28.0 Å². The van der Waals surface area contributed by atoms with Crippen molar-refractivity contribution in [3.63, 3.8) is 0 Å². The molecule has 0 bridgehead atoms. The van der Waals surface area contributed by atoms with Crippen molar-refractivity contribution in [2.45, 2.75) is 38.0 Å². The summed E-state index contributed by atoms with van der Waals surface area (Å²) < 4.78 is 0. The number of rotatable bonds is 2. The highest BCUT2D eigenvalue weighted by Crippen LogP contribution is 2.49. The molecule has 0 heteroatoms. The van der Waals surface area contributed by atoms with Crippen molar-refractivity contribution in [3.05, 3.63) is 102 Å². The smallest absolute Gasteiger partial charge is 0.00670 e. The third-order valence-corrected chi connectivity index (χ3v) is 7.50. The van der Waals surface area contributed by atoms with Crippen LogP contribution in [0.1, 0.15) is 48.3 Å². The van der Waals surface area contributed by atoms with Crippen LogP contribution in [0.4, 0.5) is 0 Å². The summed E-state index contributed by atoms with van der Waals surface area (Å²) in [7, 11) is 0. The maximum absolute atomic E-state index is 2.46. The van der Waals surface area contributed by atoms with E-state index in [1.54, 1.807) is 11.1 Å². The average Bonchev–Trinajstić information content (AvgIpc) is 2.82. The van der Waals surface area contributed by atoms with Gasteiger partial charge in [-0.25, -0.2) is 0 Å². The standard InChI is InChI=1S/C30H28/c1-2-11-22(12-3-1)29-25-14-6-8-16-27(25)30(28-17-9-7-15-26(28)29)24-19-18-21-10-4-5-13-23(21)20-24/h1-6,8-14,16-17,21,23-24H,7,15,18-20H2. The second-order valence-electron chi connectivity index (χ2n) is 9.14. The van der Waals surface area contributed by atoms with Gasteiger partial charge in [-0.3, -0.25) is 0 Å². The lowest BCUT2D eigenvalue weighted by molar-refractivity contribution is 0.302. The van der Waals surface area contributed by atoms with Gasteiger partial charge in [0.1, 0.15) is 0 Å². The first-order valence-corrected chi connectivity index (χ1v) is 11.5. The van der Waals surface area contributed by atoms with E-state index in [0.717, 1.165) is 18.8 Å². The molecule has 1 fully saturated rings. The predicted octanol–water partition coefficient (Wildman–Crippen LogP) is 8.09. The molecule has 3 aliphatic carbocycles. The number of benzene rings is 3. The second kappa shape index (κ2) is 7.43. The van der Waals surface area contributed by atoms with Crippen molar-refractivity contribution >= 4 is 16.8 Å². The minimum atomic E-state index is 0.647. The van der Waals surface area contributed by atoms with Crippen LogP contribution < -0.4 is 0 Å². The minimum absolute atomic E-state index is 0.647. The van der Waals surface area contributed by atoms with Gasteiger partial charge in [0.2, 0.25) is 0 Å². The number of fused-ring (bicyclic) bond motifs is 3. The van der Waals surface area contributed by atoms with Gasteiger partial charge in [0, 0.05) is 0 Å². The molecule has 0 heterocycles. The summed E-state index contributed by atoms with van der Waals surface area (Å²) in [4.78, 5) is 0. The normalized spacial score (nSPS) is 24.6.